The first-order valence-corrected chi connectivity index (χ1v) is 5.45. The third kappa shape index (κ3) is 4.28. The van der Waals surface area contributed by atoms with E-state index in [1.54, 1.807) is 0 Å². The van der Waals surface area contributed by atoms with Crippen molar-refractivity contribution in [3.05, 3.63) is 0 Å². The summed E-state index contributed by atoms with van der Waals surface area (Å²) in [6.45, 7) is 1.95. The molecule has 0 rings (SSSR count). The van der Waals surface area contributed by atoms with Gasteiger partial charge in [0.1, 0.15) is 16.8 Å². The highest BCUT2D eigenvalue weighted by molar-refractivity contribution is 7.84. The summed E-state index contributed by atoms with van der Waals surface area (Å²) in [4.78, 5) is 32.8. The Morgan fingerprint density at radius 3 is 2.36 bits per heavy atom. The number of unbranched alkanes of at least 4 members (excludes halogenated alkanes) is 1. The number of carbonyl (C=O) groups is 3. The lowest BCUT2D eigenvalue weighted by Gasteiger charge is -2.09. The number of carbonyl (C=O) groups excluding carboxylic acids is 3. The molecule has 80 valence electrons. The summed E-state index contributed by atoms with van der Waals surface area (Å²) in [6, 6.07) is 0. The maximum atomic E-state index is 11.3. The molecule has 0 aromatic rings. The van der Waals surface area contributed by atoms with E-state index in [-0.39, 0.29) is 5.78 Å². The van der Waals surface area contributed by atoms with Gasteiger partial charge in [-0.05, 0) is 6.42 Å². The van der Waals surface area contributed by atoms with Crippen LogP contribution in [0.25, 0.3) is 0 Å². The number of ketones is 2. The summed E-state index contributed by atoms with van der Waals surface area (Å²) in [5.74, 6) is -0.770. The standard InChI is InChI=1S/C9H14O3S2/c1-2-3-4-6(11)9(14)8(12)7(13)5-10/h5,7,9,13-14H,2-4H2,1H3. The summed E-state index contributed by atoms with van der Waals surface area (Å²) >= 11 is 7.61. The van der Waals surface area contributed by atoms with Gasteiger partial charge in [-0.2, -0.15) is 25.3 Å². The number of Topliss-reactive ketones (excluding diaryl/α,β-unsaturated/α-hetero) is 2. The van der Waals surface area contributed by atoms with Gasteiger partial charge in [0.25, 0.3) is 0 Å². The molecule has 0 aliphatic rings. The van der Waals surface area contributed by atoms with Crippen molar-refractivity contribution < 1.29 is 14.4 Å². The van der Waals surface area contributed by atoms with Crippen LogP contribution in [0.15, 0.2) is 0 Å². The molecule has 0 saturated heterocycles. The third-order valence-corrected chi connectivity index (χ3v) is 2.69. The normalized spacial score (nSPS) is 14.5. The van der Waals surface area contributed by atoms with Crippen LogP contribution >= 0.6 is 25.3 Å². The second-order valence-corrected chi connectivity index (χ2v) is 4.03. The molecular weight excluding hydrogens is 220 g/mol. The second-order valence-electron chi connectivity index (χ2n) is 2.96. The number of hydrogen-bond acceptors (Lipinski definition) is 5. The van der Waals surface area contributed by atoms with Crippen molar-refractivity contribution in [1.29, 1.82) is 0 Å². The Balaban J connectivity index is 4.17. The zero-order valence-electron chi connectivity index (χ0n) is 7.97. The first-order chi connectivity index (χ1) is 6.54. The minimum Gasteiger partial charge on any atom is -0.302 e. The van der Waals surface area contributed by atoms with Crippen LogP contribution in [-0.2, 0) is 14.4 Å². The lowest BCUT2D eigenvalue weighted by atomic mass is 10.1. The van der Waals surface area contributed by atoms with Crippen molar-refractivity contribution in [3.8, 4) is 0 Å². The monoisotopic (exact) mass is 234 g/mol. The van der Waals surface area contributed by atoms with Crippen LogP contribution in [-0.4, -0.2) is 28.4 Å². The molecular formula is C9H14O3S2. The highest BCUT2D eigenvalue weighted by Crippen LogP contribution is 2.09. The van der Waals surface area contributed by atoms with E-state index in [1.165, 1.54) is 0 Å². The molecule has 0 spiro atoms. The highest BCUT2D eigenvalue weighted by atomic mass is 32.1. The molecule has 5 heteroatoms. The van der Waals surface area contributed by atoms with Gasteiger partial charge >= 0.3 is 0 Å². The van der Waals surface area contributed by atoms with Crippen molar-refractivity contribution in [1.82, 2.24) is 0 Å². The first-order valence-electron chi connectivity index (χ1n) is 4.42. The molecule has 0 amide bonds. The Morgan fingerprint density at radius 2 is 1.93 bits per heavy atom. The van der Waals surface area contributed by atoms with E-state index in [4.69, 9.17) is 0 Å². The maximum absolute atomic E-state index is 11.3. The first kappa shape index (κ1) is 13.7. The van der Waals surface area contributed by atoms with Gasteiger partial charge in [0.2, 0.25) is 0 Å². The average molecular weight is 234 g/mol. The van der Waals surface area contributed by atoms with Gasteiger partial charge in [0, 0.05) is 6.42 Å². The molecule has 2 atom stereocenters. The van der Waals surface area contributed by atoms with Gasteiger partial charge in [-0.15, -0.1) is 0 Å². The van der Waals surface area contributed by atoms with Gasteiger partial charge < -0.3 is 4.79 Å². The Hall–Kier alpha value is -0.290. The summed E-state index contributed by atoms with van der Waals surface area (Å²) in [6.07, 6.45) is 2.36. The van der Waals surface area contributed by atoms with Crippen molar-refractivity contribution in [3.63, 3.8) is 0 Å². The number of hydrogen-bond donors (Lipinski definition) is 2. The smallest absolute Gasteiger partial charge is 0.172 e. The molecule has 0 bridgehead atoms. The quantitative estimate of drug-likeness (QED) is 0.394. The van der Waals surface area contributed by atoms with Crippen LogP contribution in [0.4, 0.5) is 0 Å². The fourth-order valence-electron chi connectivity index (χ4n) is 0.875. The Kier molecular flexibility index (Phi) is 6.92. The number of aldehydes is 1. The number of rotatable bonds is 7. The minimum absolute atomic E-state index is 0.235. The van der Waals surface area contributed by atoms with Crippen LogP contribution < -0.4 is 0 Å². The molecule has 0 aromatic heterocycles. The Bertz CT molecular complexity index is 228. The van der Waals surface area contributed by atoms with Crippen LogP contribution in [0.2, 0.25) is 0 Å². The zero-order valence-corrected chi connectivity index (χ0v) is 9.76. The topological polar surface area (TPSA) is 51.2 Å². The van der Waals surface area contributed by atoms with Crippen molar-refractivity contribution >= 4 is 43.1 Å². The predicted octanol–water partition coefficient (Wildman–Crippen LogP) is 1.11. The van der Waals surface area contributed by atoms with Gasteiger partial charge in [-0.1, -0.05) is 13.3 Å². The second kappa shape index (κ2) is 7.06. The highest BCUT2D eigenvalue weighted by Gasteiger charge is 2.26. The van der Waals surface area contributed by atoms with Crippen molar-refractivity contribution in [2.45, 2.75) is 36.7 Å². The average Bonchev–Trinajstić information content (AvgIpc) is 2.22. The van der Waals surface area contributed by atoms with E-state index in [0.29, 0.717) is 12.7 Å². The summed E-state index contributed by atoms with van der Waals surface area (Å²) < 4.78 is 0. The lowest BCUT2D eigenvalue weighted by Crippen LogP contribution is -2.32. The van der Waals surface area contributed by atoms with Gasteiger partial charge in [-0.25, -0.2) is 0 Å². The molecule has 0 fully saturated rings. The SMILES string of the molecule is CCCCC(=O)C(S)C(=O)C(S)C=O. The molecule has 0 heterocycles. The molecule has 2 unspecified atom stereocenters. The fraction of sp³-hybridized carbons (Fsp3) is 0.667. The Morgan fingerprint density at radius 1 is 1.36 bits per heavy atom. The van der Waals surface area contributed by atoms with E-state index in [2.05, 4.69) is 25.3 Å². The molecule has 0 aromatic carbocycles. The molecule has 0 saturated carbocycles. The molecule has 14 heavy (non-hydrogen) atoms. The van der Waals surface area contributed by atoms with Crippen LogP contribution in [0.3, 0.4) is 0 Å². The lowest BCUT2D eigenvalue weighted by molar-refractivity contribution is -0.126. The minimum atomic E-state index is -1.04. The van der Waals surface area contributed by atoms with Crippen LogP contribution in [0, 0.1) is 0 Å². The maximum Gasteiger partial charge on any atom is 0.172 e. The van der Waals surface area contributed by atoms with Gasteiger partial charge in [0.05, 0.1) is 0 Å². The van der Waals surface area contributed by atoms with E-state index in [1.807, 2.05) is 6.92 Å². The molecule has 0 N–H and O–H groups in total. The van der Waals surface area contributed by atoms with E-state index in [0.717, 1.165) is 12.8 Å². The van der Waals surface area contributed by atoms with Crippen molar-refractivity contribution in [2.75, 3.05) is 0 Å². The predicted molar refractivity (Wildman–Crippen MR) is 61.2 cm³/mol. The molecule has 3 nitrogen and oxygen atoms in total. The largest absolute Gasteiger partial charge is 0.302 e. The van der Waals surface area contributed by atoms with Gasteiger partial charge in [0.15, 0.2) is 11.6 Å². The molecule has 0 radical (unpaired) electrons. The van der Waals surface area contributed by atoms with Gasteiger partial charge in [-0.3, -0.25) is 9.59 Å². The van der Waals surface area contributed by atoms with E-state index >= 15 is 0 Å². The Labute approximate surface area is 94.5 Å². The van der Waals surface area contributed by atoms with Crippen LogP contribution in [0.1, 0.15) is 26.2 Å². The number of thiol groups is 2. The van der Waals surface area contributed by atoms with Crippen LogP contribution in [0.5, 0.6) is 0 Å². The third-order valence-electron chi connectivity index (χ3n) is 1.77. The van der Waals surface area contributed by atoms with Crippen molar-refractivity contribution in [2.24, 2.45) is 0 Å². The molecule has 0 aliphatic carbocycles. The zero-order chi connectivity index (χ0) is 11.1. The van der Waals surface area contributed by atoms with E-state index in [9.17, 15) is 14.4 Å². The van der Waals surface area contributed by atoms with E-state index < -0.39 is 16.3 Å². The summed E-state index contributed by atoms with van der Waals surface area (Å²) in [7, 11) is 0. The summed E-state index contributed by atoms with van der Waals surface area (Å²) in [5, 5.41) is -2.04. The molecule has 0 aliphatic heterocycles. The fourth-order valence-corrected chi connectivity index (χ4v) is 1.43. The summed E-state index contributed by atoms with van der Waals surface area (Å²) in [5.41, 5.74) is 0.